The highest BCUT2D eigenvalue weighted by Crippen LogP contribution is 2.23. The monoisotopic (exact) mass is 317 g/mol. The molecular weight excluding hydrogens is 286 g/mol. The molecule has 23 heavy (non-hydrogen) atoms. The van der Waals surface area contributed by atoms with Crippen molar-refractivity contribution in [3.8, 4) is 0 Å². The minimum Gasteiger partial charge on any atom is -0.353 e. The molecule has 2 atom stereocenters. The first kappa shape index (κ1) is 18.0. The van der Waals surface area contributed by atoms with Crippen molar-refractivity contribution in [3.63, 3.8) is 0 Å². The molecule has 0 spiro atoms. The van der Waals surface area contributed by atoms with Gasteiger partial charge in [0.15, 0.2) is 0 Å². The van der Waals surface area contributed by atoms with Gasteiger partial charge in [-0.05, 0) is 51.1 Å². The summed E-state index contributed by atoms with van der Waals surface area (Å²) in [6, 6.07) is 9.44. The Hall–Kier alpha value is -1.39. The number of rotatable bonds is 6. The lowest BCUT2D eigenvalue weighted by atomic mass is 9.93. The molecule has 1 saturated heterocycles. The van der Waals surface area contributed by atoms with E-state index in [1.54, 1.807) is 0 Å². The summed E-state index contributed by atoms with van der Waals surface area (Å²) in [6.45, 7) is 9.57. The van der Waals surface area contributed by atoms with Crippen LogP contribution in [0.3, 0.4) is 0 Å². The first-order chi connectivity index (χ1) is 10.9. The van der Waals surface area contributed by atoms with E-state index in [-0.39, 0.29) is 11.4 Å². The molecule has 1 fully saturated rings. The van der Waals surface area contributed by atoms with Crippen LogP contribution in [-0.4, -0.2) is 42.0 Å². The van der Waals surface area contributed by atoms with E-state index in [2.05, 4.69) is 31.0 Å². The van der Waals surface area contributed by atoms with Crippen molar-refractivity contribution in [2.45, 2.75) is 51.6 Å². The fraction of sp³-hybridized carbons (Fsp3) is 0.632. The highest BCUT2D eigenvalue weighted by molar-refractivity contribution is 5.81. The largest absolute Gasteiger partial charge is 0.353 e. The van der Waals surface area contributed by atoms with Crippen LogP contribution in [0.5, 0.6) is 0 Å². The van der Waals surface area contributed by atoms with E-state index >= 15 is 0 Å². The normalized spacial score (nSPS) is 21.0. The highest BCUT2D eigenvalue weighted by atomic mass is 16.2. The van der Waals surface area contributed by atoms with Crippen molar-refractivity contribution in [1.29, 1.82) is 0 Å². The molecule has 1 aliphatic heterocycles. The second-order valence-corrected chi connectivity index (χ2v) is 7.52. The summed E-state index contributed by atoms with van der Waals surface area (Å²) in [5.74, 6) is 0.672. The lowest BCUT2D eigenvalue weighted by molar-refractivity contribution is -0.123. The first-order valence-electron chi connectivity index (χ1n) is 8.71. The van der Waals surface area contributed by atoms with Gasteiger partial charge in [-0.2, -0.15) is 0 Å². The highest BCUT2D eigenvalue weighted by Gasteiger charge is 2.30. The molecule has 0 bridgehead atoms. The van der Waals surface area contributed by atoms with Crippen LogP contribution in [0.25, 0.3) is 0 Å². The smallest absolute Gasteiger partial charge is 0.237 e. The lowest BCUT2D eigenvalue weighted by Gasteiger charge is -2.43. The maximum atomic E-state index is 12.3. The molecular formula is C19H31N3O. The Bertz CT molecular complexity index is 501. The maximum Gasteiger partial charge on any atom is 0.237 e. The molecule has 4 heteroatoms. The number of likely N-dealkylation sites (tertiary alicyclic amines) is 1. The Morgan fingerprint density at radius 2 is 2.09 bits per heavy atom. The third-order valence-corrected chi connectivity index (χ3v) is 4.84. The molecule has 1 heterocycles. The first-order valence-corrected chi connectivity index (χ1v) is 8.71. The molecule has 1 aromatic carbocycles. The summed E-state index contributed by atoms with van der Waals surface area (Å²) < 4.78 is 0. The van der Waals surface area contributed by atoms with Gasteiger partial charge in [0.25, 0.3) is 0 Å². The van der Waals surface area contributed by atoms with Gasteiger partial charge < -0.3 is 11.1 Å². The van der Waals surface area contributed by atoms with E-state index in [4.69, 9.17) is 5.73 Å². The number of hydrogen-bond acceptors (Lipinski definition) is 3. The molecule has 0 saturated carbocycles. The van der Waals surface area contributed by atoms with Crippen LogP contribution in [0.2, 0.25) is 0 Å². The molecule has 4 nitrogen and oxygen atoms in total. The van der Waals surface area contributed by atoms with Gasteiger partial charge in [-0.15, -0.1) is 0 Å². The van der Waals surface area contributed by atoms with Gasteiger partial charge in [0.2, 0.25) is 5.91 Å². The topological polar surface area (TPSA) is 58.4 Å². The fourth-order valence-corrected chi connectivity index (χ4v) is 3.25. The van der Waals surface area contributed by atoms with Crippen molar-refractivity contribution in [3.05, 3.63) is 35.9 Å². The molecule has 0 radical (unpaired) electrons. The van der Waals surface area contributed by atoms with Crippen molar-refractivity contribution < 1.29 is 4.79 Å². The van der Waals surface area contributed by atoms with Gasteiger partial charge >= 0.3 is 0 Å². The quantitative estimate of drug-likeness (QED) is 0.845. The number of carbonyl (C=O) groups is 1. The summed E-state index contributed by atoms with van der Waals surface area (Å²) >= 11 is 0. The Morgan fingerprint density at radius 1 is 1.39 bits per heavy atom. The Labute approximate surface area is 140 Å². The van der Waals surface area contributed by atoms with Crippen LogP contribution < -0.4 is 11.1 Å². The second kappa shape index (κ2) is 7.93. The summed E-state index contributed by atoms with van der Waals surface area (Å²) in [5.41, 5.74) is 7.12. The lowest BCUT2D eigenvalue weighted by Crippen LogP contribution is -2.56. The molecule has 2 rings (SSSR count). The zero-order valence-electron chi connectivity index (χ0n) is 14.7. The van der Waals surface area contributed by atoms with Gasteiger partial charge in [-0.1, -0.05) is 37.3 Å². The Kier molecular flexibility index (Phi) is 6.19. The zero-order chi connectivity index (χ0) is 16.9. The number of piperidine rings is 1. The van der Waals surface area contributed by atoms with Crippen LogP contribution >= 0.6 is 0 Å². The second-order valence-electron chi connectivity index (χ2n) is 7.52. The fourth-order valence-electron chi connectivity index (χ4n) is 3.25. The predicted octanol–water partition coefficient (Wildman–Crippen LogP) is 2.18. The van der Waals surface area contributed by atoms with E-state index in [0.717, 1.165) is 24.6 Å². The van der Waals surface area contributed by atoms with Crippen LogP contribution in [0.1, 0.15) is 39.2 Å². The average Bonchev–Trinajstić information content (AvgIpc) is 2.53. The number of carbonyl (C=O) groups excluding carboxylic acids is 1. The minimum atomic E-state index is -0.492. The third-order valence-electron chi connectivity index (χ3n) is 4.84. The van der Waals surface area contributed by atoms with E-state index in [0.29, 0.717) is 13.0 Å². The van der Waals surface area contributed by atoms with Crippen LogP contribution in [0, 0.1) is 5.92 Å². The van der Waals surface area contributed by atoms with Crippen molar-refractivity contribution >= 4 is 5.91 Å². The van der Waals surface area contributed by atoms with Gasteiger partial charge in [0, 0.05) is 18.6 Å². The van der Waals surface area contributed by atoms with Gasteiger partial charge in [-0.3, -0.25) is 9.69 Å². The zero-order valence-corrected chi connectivity index (χ0v) is 14.7. The van der Waals surface area contributed by atoms with Gasteiger partial charge in [0.05, 0.1) is 6.04 Å². The number of nitrogens with one attached hydrogen (secondary N) is 1. The number of nitrogens with two attached hydrogens (primary N) is 1. The maximum absolute atomic E-state index is 12.3. The SMILES string of the molecule is CC1CCCN(C(C)(C)CNC(=O)C(N)Cc2ccccc2)C1. The van der Waals surface area contributed by atoms with Crippen LogP contribution in [0.4, 0.5) is 0 Å². The molecule has 128 valence electrons. The summed E-state index contributed by atoms with van der Waals surface area (Å²) in [4.78, 5) is 14.8. The number of benzene rings is 1. The van der Waals surface area contributed by atoms with Crippen molar-refractivity contribution in [1.82, 2.24) is 10.2 Å². The minimum absolute atomic E-state index is 0.0309. The molecule has 1 amide bonds. The molecule has 2 unspecified atom stereocenters. The number of amides is 1. The molecule has 3 N–H and O–H groups in total. The van der Waals surface area contributed by atoms with Crippen LogP contribution in [-0.2, 0) is 11.2 Å². The number of nitrogens with zero attached hydrogens (tertiary/aromatic N) is 1. The molecule has 1 aliphatic rings. The number of hydrogen-bond donors (Lipinski definition) is 2. The van der Waals surface area contributed by atoms with E-state index in [1.165, 1.54) is 12.8 Å². The van der Waals surface area contributed by atoms with E-state index in [9.17, 15) is 4.79 Å². The average molecular weight is 317 g/mol. The van der Waals surface area contributed by atoms with Gasteiger partial charge in [-0.25, -0.2) is 0 Å². The van der Waals surface area contributed by atoms with Crippen molar-refractivity contribution in [2.24, 2.45) is 11.7 Å². The Balaban J connectivity index is 1.82. The third kappa shape index (κ3) is 5.33. The molecule has 0 aliphatic carbocycles. The Morgan fingerprint density at radius 3 is 2.74 bits per heavy atom. The predicted molar refractivity (Wildman–Crippen MR) is 95.2 cm³/mol. The molecule has 0 aromatic heterocycles. The molecule has 1 aromatic rings. The summed E-state index contributed by atoms with van der Waals surface area (Å²) in [6.07, 6.45) is 3.13. The van der Waals surface area contributed by atoms with Crippen LogP contribution in [0.15, 0.2) is 30.3 Å². The van der Waals surface area contributed by atoms with E-state index in [1.807, 2.05) is 30.3 Å². The summed E-state index contributed by atoms with van der Waals surface area (Å²) in [5, 5.41) is 3.05. The summed E-state index contributed by atoms with van der Waals surface area (Å²) in [7, 11) is 0. The van der Waals surface area contributed by atoms with Gasteiger partial charge in [0.1, 0.15) is 0 Å². The standard InChI is InChI=1S/C19H31N3O/c1-15-8-7-11-22(13-15)19(2,3)14-21-18(23)17(20)12-16-9-5-4-6-10-16/h4-6,9-10,15,17H,7-8,11-14,20H2,1-3H3,(H,21,23). The van der Waals surface area contributed by atoms with Crippen molar-refractivity contribution in [2.75, 3.05) is 19.6 Å². The van der Waals surface area contributed by atoms with E-state index < -0.39 is 6.04 Å².